The lowest BCUT2D eigenvalue weighted by Gasteiger charge is -2.44. The molecular formula is C28H27F2N3O3. The molecule has 6 nitrogen and oxygen atoms in total. The molecule has 1 aliphatic carbocycles. The van der Waals surface area contributed by atoms with Gasteiger partial charge in [-0.25, -0.2) is 8.78 Å². The molecule has 3 aromatic rings. The Morgan fingerprint density at radius 3 is 2.53 bits per heavy atom. The van der Waals surface area contributed by atoms with E-state index in [2.05, 4.69) is 16.4 Å². The summed E-state index contributed by atoms with van der Waals surface area (Å²) in [6.07, 6.45) is 2.48. The zero-order valence-corrected chi connectivity index (χ0v) is 19.9. The van der Waals surface area contributed by atoms with Crippen LogP contribution in [0.2, 0.25) is 0 Å². The number of rotatable bonds is 5. The normalized spacial score (nSPS) is 20.2. The van der Waals surface area contributed by atoms with Gasteiger partial charge < -0.3 is 15.0 Å². The van der Waals surface area contributed by atoms with Gasteiger partial charge in [0, 0.05) is 37.7 Å². The van der Waals surface area contributed by atoms with Crippen molar-refractivity contribution in [1.29, 1.82) is 0 Å². The third-order valence-corrected chi connectivity index (χ3v) is 7.28. The SMILES string of the molecule is CC(=O)N[C@@H]1c2ccccc2C2(CCN(C(=O)c3ccc(F)cc3F)CC2)[C@H]1OCc1ccccn1. The second-order valence-corrected chi connectivity index (χ2v) is 9.39. The van der Waals surface area contributed by atoms with Crippen LogP contribution in [-0.2, 0) is 21.6 Å². The van der Waals surface area contributed by atoms with Crippen LogP contribution in [0, 0.1) is 11.6 Å². The fourth-order valence-electron chi connectivity index (χ4n) is 5.64. The second-order valence-electron chi connectivity index (χ2n) is 9.39. The molecule has 1 aliphatic heterocycles. The highest BCUT2D eigenvalue weighted by Gasteiger charge is 2.54. The molecule has 0 radical (unpaired) electrons. The Bertz CT molecular complexity index is 1280. The van der Waals surface area contributed by atoms with Gasteiger partial charge in [-0.2, -0.15) is 0 Å². The van der Waals surface area contributed by atoms with E-state index in [1.165, 1.54) is 13.0 Å². The molecule has 0 bridgehead atoms. The molecule has 36 heavy (non-hydrogen) atoms. The van der Waals surface area contributed by atoms with Gasteiger partial charge in [-0.3, -0.25) is 14.6 Å². The Morgan fingerprint density at radius 2 is 1.83 bits per heavy atom. The first-order valence-corrected chi connectivity index (χ1v) is 12.0. The monoisotopic (exact) mass is 491 g/mol. The quantitative estimate of drug-likeness (QED) is 0.578. The van der Waals surface area contributed by atoms with Crippen LogP contribution in [0.5, 0.6) is 0 Å². The summed E-state index contributed by atoms with van der Waals surface area (Å²) in [6.45, 7) is 2.52. The van der Waals surface area contributed by atoms with Crippen LogP contribution >= 0.6 is 0 Å². The maximum atomic E-state index is 14.3. The first kappa shape index (κ1) is 24.1. The number of piperidine rings is 1. The van der Waals surface area contributed by atoms with Gasteiger partial charge in [0.2, 0.25) is 5.91 Å². The van der Waals surface area contributed by atoms with E-state index in [9.17, 15) is 18.4 Å². The fourth-order valence-corrected chi connectivity index (χ4v) is 5.64. The van der Waals surface area contributed by atoms with Gasteiger partial charge in [0.25, 0.3) is 5.91 Å². The van der Waals surface area contributed by atoms with Gasteiger partial charge in [-0.1, -0.05) is 30.3 Å². The number of nitrogens with zero attached hydrogens (tertiary/aromatic N) is 2. The van der Waals surface area contributed by atoms with Gasteiger partial charge in [0.05, 0.1) is 30.0 Å². The van der Waals surface area contributed by atoms with E-state index >= 15 is 0 Å². The number of nitrogens with one attached hydrogen (secondary N) is 1. The summed E-state index contributed by atoms with van der Waals surface area (Å²) in [5.74, 6) is -2.20. The number of halogens is 2. The predicted molar refractivity (Wildman–Crippen MR) is 129 cm³/mol. The highest BCUT2D eigenvalue weighted by atomic mass is 19.1. The van der Waals surface area contributed by atoms with Crippen LogP contribution in [0.15, 0.2) is 66.9 Å². The van der Waals surface area contributed by atoms with Crippen molar-refractivity contribution in [2.45, 2.75) is 43.9 Å². The molecule has 8 heteroatoms. The van der Waals surface area contributed by atoms with Crippen LogP contribution in [0.3, 0.4) is 0 Å². The minimum atomic E-state index is -0.867. The number of ether oxygens (including phenoxy) is 1. The Morgan fingerprint density at radius 1 is 1.08 bits per heavy atom. The minimum Gasteiger partial charge on any atom is -0.368 e. The van der Waals surface area contributed by atoms with E-state index in [1.807, 2.05) is 36.4 Å². The summed E-state index contributed by atoms with van der Waals surface area (Å²) in [5.41, 5.74) is 2.29. The molecule has 1 aromatic heterocycles. The lowest BCUT2D eigenvalue weighted by atomic mass is 9.71. The van der Waals surface area contributed by atoms with Gasteiger partial charge >= 0.3 is 0 Å². The van der Waals surface area contributed by atoms with Crippen LogP contribution in [0.1, 0.15) is 53.0 Å². The number of hydrogen-bond donors (Lipinski definition) is 1. The Labute approximate surface area is 208 Å². The van der Waals surface area contributed by atoms with E-state index in [4.69, 9.17) is 4.74 Å². The average molecular weight is 492 g/mol. The first-order valence-electron chi connectivity index (χ1n) is 12.0. The van der Waals surface area contributed by atoms with Crippen molar-refractivity contribution in [3.05, 3.63) is 101 Å². The molecule has 2 aliphatic rings. The highest BCUT2D eigenvalue weighted by molar-refractivity contribution is 5.94. The van der Waals surface area contributed by atoms with Crippen molar-refractivity contribution in [3.63, 3.8) is 0 Å². The zero-order valence-electron chi connectivity index (χ0n) is 19.9. The lowest BCUT2D eigenvalue weighted by molar-refractivity contribution is -0.122. The minimum absolute atomic E-state index is 0.141. The summed E-state index contributed by atoms with van der Waals surface area (Å²) >= 11 is 0. The summed E-state index contributed by atoms with van der Waals surface area (Å²) in [5, 5.41) is 3.08. The maximum absolute atomic E-state index is 14.3. The summed E-state index contributed by atoms with van der Waals surface area (Å²) in [6, 6.07) is 16.3. The highest BCUT2D eigenvalue weighted by Crippen LogP contribution is 2.52. The smallest absolute Gasteiger partial charge is 0.256 e. The predicted octanol–water partition coefficient (Wildman–Crippen LogP) is 4.31. The summed E-state index contributed by atoms with van der Waals surface area (Å²) in [4.78, 5) is 31.2. The number of carbonyl (C=O) groups is 2. The number of benzene rings is 2. The average Bonchev–Trinajstić information content (AvgIpc) is 3.11. The van der Waals surface area contributed by atoms with Crippen molar-refractivity contribution in [1.82, 2.24) is 15.2 Å². The molecule has 0 unspecified atom stereocenters. The maximum Gasteiger partial charge on any atom is 0.256 e. The van der Waals surface area contributed by atoms with Gasteiger partial charge in [-0.05, 0) is 48.2 Å². The van der Waals surface area contributed by atoms with Crippen LogP contribution in [0.4, 0.5) is 8.78 Å². The van der Waals surface area contributed by atoms with Crippen molar-refractivity contribution in [2.75, 3.05) is 13.1 Å². The van der Waals surface area contributed by atoms with E-state index < -0.39 is 23.0 Å². The van der Waals surface area contributed by atoms with Crippen LogP contribution in [-0.4, -0.2) is 40.9 Å². The molecule has 1 N–H and O–H groups in total. The summed E-state index contributed by atoms with van der Waals surface area (Å²) in [7, 11) is 0. The fraction of sp³-hybridized carbons (Fsp3) is 0.321. The molecule has 0 saturated carbocycles. The lowest BCUT2D eigenvalue weighted by Crippen LogP contribution is -2.52. The molecule has 186 valence electrons. The van der Waals surface area contributed by atoms with Crippen molar-refractivity contribution < 1.29 is 23.1 Å². The van der Waals surface area contributed by atoms with Crippen molar-refractivity contribution in [2.24, 2.45) is 0 Å². The third kappa shape index (κ3) is 4.37. The number of hydrogen-bond acceptors (Lipinski definition) is 4. The second kappa shape index (κ2) is 9.78. The molecule has 5 rings (SSSR count). The Hall–Kier alpha value is -3.65. The number of carbonyl (C=O) groups excluding carboxylic acids is 2. The Balaban J connectivity index is 1.44. The number of likely N-dealkylation sites (tertiary alicyclic amines) is 1. The molecule has 2 heterocycles. The summed E-state index contributed by atoms with van der Waals surface area (Å²) < 4.78 is 34.1. The van der Waals surface area contributed by atoms with Crippen molar-refractivity contribution >= 4 is 11.8 Å². The van der Waals surface area contributed by atoms with E-state index in [1.54, 1.807) is 11.1 Å². The number of aromatic nitrogens is 1. The third-order valence-electron chi connectivity index (χ3n) is 7.28. The molecule has 1 spiro atoms. The standard InChI is InChI=1S/C28H27F2N3O3/c1-18(34)32-25-21-7-2-3-8-23(21)28(26(25)36-17-20-6-4-5-13-31-20)11-14-33(15-12-28)27(35)22-10-9-19(29)16-24(22)30/h2-10,13,16,25-26H,11-12,14-15,17H2,1H3,(H,32,34)/t25-,26+/m1/s1. The number of amides is 2. The number of fused-ring (bicyclic) bond motifs is 2. The molecule has 1 fully saturated rings. The first-order chi connectivity index (χ1) is 17.4. The van der Waals surface area contributed by atoms with Gasteiger partial charge in [0.15, 0.2) is 0 Å². The Kier molecular flexibility index (Phi) is 6.53. The van der Waals surface area contributed by atoms with E-state index in [0.29, 0.717) is 25.9 Å². The topological polar surface area (TPSA) is 71.5 Å². The van der Waals surface area contributed by atoms with Crippen molar-refractivity contribution in [3.8, 4) is 0 Å². The molecule has 1 saturated heterocycles. The molecule has 2 aromatic carbocycles. The van der Waals surface area contributed by atoms with E-state index in [-0.39, 0.29) is 30.2 Å². The van der Waals surface area contributed by atoms with Gasteiger partial charge in [0.1, 0.15) is 11.6 Å². The molecule has 2 amide bonds. The van der Waals surface area contributed by atoms with E-state index in [0.717, 1.165) is 29.0 Å². The largest absolute Gasteiger partial charge is 0.368 e. The number of pyridine rings is 1. The molecule has 2 atom stereocenters. The van der Waals surface area contributed by atoms with Crippen LogP contribution < -0.4 is 5.32 Å². The molecular weight excluding hydrogens is 464 g/mol. The van der Waals surface area contributed by atoms with Gasteiger partial charge in [-0.15, -0.1) is 0 Å². The van der Waals surface area contributed by atoms with Crippen LogP contribution in [0.25, 0.3) is 0 Å². The zero-order chi connectivity index (χ0) is 25.3.